The summed E-state index contributed by atoms with van der Waals surface area (Å²) in [6.07, 6.45) is 4.35. The predicted octanol–water partition coefficient (Wildman–Crippen LogP) is 3.11. The van der Waals surface area contributed by atoms with Crippen molar-refractivity contribution < 1.29 is 9.90 Å². The first-order valence-electron chi connectivity index (χ1n) is 12.4. The Hall–Kier alpha value is -3.04. The molecule has 3 aromatic rings. The molecule has 2 atom stereocenters. The van der Waals surface area contributed by atoms with Gasteiger partial charge in [-0.2, -0.15) is 9.61 Å². The zero-order valence-electron chi connectivity index (χ0n) is 19.6. The number of likely N-dealkylation sites (tertiary alicyclic amines) is 1. The fraction of sp³-hybridized carbons (Fsp3) is 0.480. The molecule has 3 aliphatic heterocycles. The van der Waals surface area contributed by atoms with Gasteiger partial charge in [0, 0.05) is 55.6 Å². The maximum absolute atomic E-state index is 13.6. The number of halogens is 1. The Morgan fingerprint density at radius 3 is 2.63 bits per heavy atom. The van der Waals surface area contributed by atoms with Crippen LogP contribution in [0.4, 0.5) is 17.3 Å². The van der Waals surface area contributed by atoms with Crippen LogP contribution in [0.25, 0.3) is 5.65 Å². The Morgan fingerprint density at radius 2 is 1.89 bits per heavy atom. The number of aromatic nitrogens is 3. The van der Waals surface area contributed by atoms with Gasteiger partial charge >= 0.3 is 0 Å². The number of carbonyl (C=O) groups excluding carboxylic acids is 1. The Balaban J connectivity index is 1.39. The molecule has 0 bridgehead atoms. The number of nitrogen functional groups attached to an aromatic ring is 1. The number of anilines is 3. The number of nitrogens with two attached hydrogens (primary N) is 1. The number of piperidine rings is 1. The van der Waals surface area contributed by atoms with Crippen molar-refractivity contribution in [2.45, 2.75) is 44.2 Å². The molecule has 0 saturated carbocycles. The maximum Gasteiger partial charge on any atom is 0.256 e. The predicted molar refractivity (Wildman–Crippen MR) is 136 cm³/mol. The zero-order chi connectivity index (χ0) is 24.1. The van der Waals surface area contributed by atoms with Crippen molar-refractivity contribution >= 4 is 40.5 Å². The average Bonchev–Trinajstić information content (AvgIpc) is 3.45. The molecular formula is C25H30ClN7O2. The van der Waals surface area contributed by atoms with Gasteiger partial charge in [0.25, 0.3) is 5.91 Å². The molecule has 2 aromatic heterocycles. The van der Waals surface area contributed by atoms with Crippen LogP contribution in [0.5, 0.6) is 0 Å². The molecule has 35 heavy (non-hydrogen) atoms. The highest BCUT2D eigenvalue weighted by Gasteiger charge is 2.33. The van der Waals surface area contributed by atoms with Gasteiger partial charge < -0.3 is 25.5 Å². The van der Waals surface area contributed by atoms with E-state index in [0.717, 1.165) is 68.3 Å². The van der Waals surface area contributed by atoms with Crippen LogP contribution in [0.3, 0.4) is 0 Å². The fourth-order valence-electron chi connectivity index (χ4n) is 5.36. The first-order chi connectivity index (χ1) is 17.0. The van der Waals surface area contributed by atoms with Crippen molar-refractivity contribution in [3.63, 3.8) is 0 Å². The molecule has 10 heteroatoms. The monoisotopic (exact) mass is 495 g/mol. The minimum Gasteiger partial charge on any atom is -0.398 e. The van der Waals surface area contributed by atoms with Crippen LogP contribution in [0, 0.1) is 0 Å². The summed E-state index contributed by atoms with van der Waals surface area (Å²) in [5.74, 6) is 1.76. The molecule has 9 nitrogen and oxygen atoms in total. The van der Waals surface area contributed by atoms with Gasteiger partial charge in [-0.05, 0) is 50.3 Å². The Morgan fingerprint density at radius 1 is 1.03 bits per heavy atom. The Labute approximate surface area is 209 Å². The largest absolute Gasteiger partial charge is 0.398 e. The smallest absolute Gasteiger partial charge is 0.256 e. The molecule has 0 radical (unpaired) electrons. The summed E-state index contributed by atoms with van der Waals surface area (Å²) in [6, 6.07) is 8.94. The maximum atomic E-state index is 13.6. The highest BCUT2D eigenvalue weighted by Crippen LogP contribution is 2.35. The molecule has 3 saturated heterocycles. The van der Waals surface area contributed by atoms with Crippen LogP contribution in [-0.4, -0.2) is 69.3 Å². The summed E-state index contributed by atoms with van der Waals surface area (Å²) in [5.41, 5.74) is 8.59. The van der Waals surface area contributed by atoms with Crippen molar-refractivity contribution in [2.24, 2.45) is 0 Å². The van der Waals surface area contributed by atoms with Crippen molar-refractivity contribution in [3.05, 3.63) is 46.6 Å². The van der Waals surface area contributed by atoms with Crippen LogP contribution in [0.2, 0.25) is 5.02 Å². The second-order valence-corrected chi connectivity index (χ2v) is 10.2. The average molecular weight is 496 g/mol. The van der Waals surface area contributed by atoms with Gasteiger partial charge in [-0.1, -0.05) is 11.6 Å². The number of amides is 1. The van der Waals surface area contributed by atoms with E-state index in [2.05, 4.69) is 15.9 Å². The Bertz CT molecular complexity index is 1270. The van der Waals surface area contributed by atoms with E-state index in [-0.39, 0.29) is 18.1 Å². The summed E-state index contributed by atoms with van der Waals surface area (Å²) in [7, 11) is 0. The normalized spacial score (nSPS) is 22.6. The van der Waals surface area contributed by atoms with Gasteiger partial charge in [-0.25, -0.2) is 4.98 Å². The van der Waals surface area contributed by atoms with E-state index in [4.69, 9.17) is 27.4 Å². The lowest BCUT2D eigenvalue weighted by atomic mass is 9.98. The lowest BCUT2D eigenvalue weighted by molar-refractivity contribution is 0.0607. The van der Waals surface area contributed by atoms with E-state index in [1.165, 1.54) is 6.42 Å². The molecule has 6 rings (SSSR count). The topological polar surface area (TPSA) is 103 Å². The summed E-state index contributed by atoms with van der Waals surface area (Å²) in [4.78, 5) is 24.8. The van der Waals surface area contributed by atoms with Crippen LogP contribution < -0.4 is 15.5 Å². The van der Waals surface area contributed by atoms with Crippen molar-refractivity contribution in [3.8, 4) is 0 Å². The number of hydrogen-bond acceptors (Lipinski definition) is 7. The van der Waals surface area contributed by atoms with Crippen molar-refractivity contribution in [1.82, 2.24) is 19.5 Å². The van der Waals surface area contributed by atoms with E-state index in [0.29, 0.717) is 29.4 Å². The number of β-amino-alcohol motifs (C(OH)–C–C–N with tert-alkyl or cyclic N) is 1. The molecule has 184 valence electrons. The summed E-state index contributed by atoms with van der Waals surface area (Å²) < 4.78 is 1.88. The van der Waals surface area contributed by atoms with Gasteiger partial charge in [0.1, 0.15) is 11.6 Å². The van der Waals surface area contributed by atoms with Crippen LogP contribution in [0.1, 0.15) is 54.2 Å². The van der Waals surface area contributed by atoms with Gasteiger partial charge in [-0.3, -0.25) is 4.79 Å². The van der Waals surface area contributed by atoms with E-state index >= 15 is 0 Å². The van der Waals surface area contributed by atoms with E-state index < -0.39 is 0 Å². The van der Waals surface area contributed by atoms with Gasteiger partial charge in [0.05, 0.1) is 23.4 Å². The molecule has 1 aromatic carbocycles. The molecule has 0 aliphatic carbocycles. The number of hydrogen-bond donors (Lipinski definition) is 2. The van der Waals surface area contributed by atoms with E-state index in [9.17, 15) is 9.90 Å². The molecule has 2 unspecified atom stereocenters. The summed E-state index contributed by atoms with van der Waals surface area (Å²) in [6.45, 7) is 3.99. The lowest BCUT2D eigenvalue weighted by Crippen LogP contribution is -2.39. The number of aliphatic hydroxyl groups excluding tert-OH is 1. The van der Waals surface area contributed by atoms with Crippen molar-refractivity contribution in [2.75, 3.05) is 48.3 Å². The van der Waals surface area contributed by atoms with Crippen LogP contribution in [-0.2, 0) is 0 Å². The molecule has 1 amide bonds. The van der Waals surface area contributed by atoms with Gasteiger partial charge in [0.2, 0.25) is 0 Å². The molecule has 3 N–H and O–H groups in total. The van der Waals surface area contributed by atoms with Crippen LogP contribution in [0.15, 0.2) is 30.3 Å². The second-order valence-electron chi connectivity index (χ2n) is 9.78. The van der Waals surface area contributed by atoms with Crippen molar-refractivity contribution in [1.29, 1.82) is 0 Å². The lowest BCUT2D eigenvalue weighted by Gasteiger charge is -2.35. The number of benzene rings is 1. The van der Waals surface area contributed by atoms with Gasteiger partial charge in [0.15, 0.2) is 5.65 Å². The molecular weight excluding hydrogens is 466 g/mol. The van der Waals surface area contributed by atoms with Gasteiger partial charge in [-0.15, -0.1) is 0 Å². The molecule has 3 aliphatic rings. The molecule has 0 spiro atoms. The minimum atomic E-state index is -0.338. The minimum absolute atomic E-state index is 0.121. The summed E-state index contributed by atoms with van der Waals surface area (Å²) >= 11 is 6.18. The number of nitrogens with zero attached hydrogens (tertiary/aromatic N) is 6. The Kier molecular flexibility index (Phi) is 5.69. The first kappa shape index (κ1) is 22.4. The fourth-order valence-corrected chi connectivity index (χ4v) is 5.53. The quantitative estimate of drug-likeness (QED) is 0.536. The number of rotatable bonds is 4. The van der Waals surface area contributed by atoms with Crippen LogP contribution >= 0.6 is 11.6 Å². The highest BCUT2D eigenvalue weighted by molar-refractivity contribution is 6.31. The number of aliphatic hydroxyl groups is 1. The van der Waals surface area contributed by atoms with E-state index in [1.54, 1.807) is 18.2 Å². The first-order valence-corrected chi connectivity index (χ1v) is 12.8. The SMILES string of the molecule is Nc1ccc(Cl)cc1C(=O)N1CCCCC1c1cc2nc(N3CCC3)cc(N3CCC(O)C3)n2n1. The third kappa shape index (κ3) is 4.06. The third-order valence-corrected chi connectivity index (χ3v) is 7.67. The third-order valence-electron chi connectivity index (χ3n) is 7.43. The second kappa shape index (κ2) is 8.87. The highest BCUT2D eigenvalue weighted by atomic mass is 35.5. The standard InChI is InChI=1S/C25H30ClN7O2/c26-16-5-6-19(27)18(12-16)25(35)32-10-2-1-4-21(32)20-13-23-28-22(30-8-3-9-30)14-24(33(23)29-20)31-11-7-17(34)15-31/h5-6,12-14,17,21,34H,1-4,7-11,15,27H2. The molecule has 3 fully saturated rings. The van der Waals surface area contributed by atoms with E-state index in [1.807, 2.05) is 15.5 Å². The zero-order valence-corrected chi connectivity index (χ0v) is 20.4. The molecule has 5 heterocycles. The number of fused-ring (bicyclic) bond motifs is 1. The summed E-state index contributed by atoms with van der Waals surface area (Å²) in [5, 5.41) is 15.6. The number of carbonyl (C=O) groups is 1.